The zero-order chi connectivity index (χ0) is 17.6. The average molecular weight is 342 g/mol. The number of carbonyl (C=O) groups is 1. The third-order valence-corrected chi connectivity index (χ3v) is 7.41. The van der Waals surface area contributed by atoms with Crippen LogP contribution in [0.5, 0.6) is 5.75 Å². The molecule has 136 valence electrons. The minimum atomic E-state index is -0.0323. The lowest BCUT2D eigenvalue weighted by Crippen LogP contribution is -2.45. The summed E-state index contributed by atoms with van der Waals surface area (Å²) in [4.78, 5) is 11.9. The van der Waals surface area contributed by atoms with E-state index in [0.29, 0.717) is 18.3 Å². The van der Waals surface area contributed by atoms with Crippen molar-refractivity contribution in [3.05, 3.63) is 29.3 Å². The highest BCUT2D eigenvalue weighted by Crippen LogP contribution is 2.61. The van der Waals surface area contributed by atoms with E-state index in [4.69, 9.17) is 9.47 Å². The lowest BCUT2D eigenvalue weighted by atomic mass is 9.55. The van der Waals surface area contributed by atoms with E-state index in [0.717, 1.165) is 24.5 Å². The predicted molar refractivity (Wildman–Crippen MR) is 97.8 cm³/mol. The number of fused-ring (bicyclic) bond motifs is 5. The molecule has 0 amide bonds. The van der Waals surface area contributed by atoms with Crippen molar-refractivity contribution in [3.63, 3.8) is 0 Å². The second-order valence-electron chi connectivity index (χ2n) is 8.43. The van der Waals surface area contributed by atoms with Gasteiger partial charge in [0.2, 0.25) is 0 Å². The summed E-state index contributed by atoms with van der Waals surface area (Å²) in [5.74, 6) is 3.05. The van der Waals surface area contributed by atoms with Crippen LogP contribution in [0.15, 0.2) is 18.2 Å². The summed E-state index contributed by atoms with van der Waals surface area (Å²) in [6, 6.07) is 6.66. The molecule has 0 radical (unpaired) electrons. The number of esters is 1. The minimum absolute atomic E-state index is 0.0323. The van der Waals surface area contributed by atoms with Crippen LogP contribution < -0.4 is 4.74 Å². The second kappa shape index (κ2) is 6.34. The second-order valence-corrected chi connectivity index (χ2v) is 8.43. The summed E-state index contributed by atoms with van der Waals surface area (Å²) in [6.45, 7) is 4.28. The minimum Gasteiger partial charge on any atom is -0.497 e. The van der Waals surface area contributed by atoms with E-state index in [2.05, 4.69) is 25.1 Å². The van der Waals surface area contributed by atoms with Crippen molar-refractivity contribution in [1.29, 1.82) is 0 Å². The Hall–Kier alpha value is -1.51. The summed E-state index contributed by atoms with van der Waals surface area (Å²) in [6.07, 6.45) is 7.68. The molecule has 2 saturated carbocycles. The summed E-state index contributed by atoms with van der Waals surface area (Å²) in [7, 11) is 1.75. The van der Waals surface area contributed by atoms with E-state index >= 15 is 0 Å². The number of carbonyl (C=O) groups excluding carboxylic acids is 1. The van der Waals surface area contributed by atoms with Crippen molar-refractivity contribution in [2.75, 3.05) is 7.11 Å². The van der Waals surface area contributed by atoms with Gasteiger partial charge in [-0.25, -0.2) is 0 Å². The first kappa shape index (κ1) is 16.9. The Bertz CT molecular complexity index is 667. The lowest BCUT2D eigenvalue weighted by molar-refractivity contribution is -0.157. The molecule has 0 aliphatic heterocycles. The first-order valence-electron chi connectivity index (χ1n) is 9.93. The first-order valence-corrected chi connectivity index (χ1v) is 9.93. The van der Waals surface area contributed by atoms with Gasteiger partial charge < -0.3 is 9.47 Å². The Balaban J connectivity index is 1.58. The van der Waals surface area contributed by atoms with Gasteiger partial charge in [-0.2, -0.15) is 0 Å². The van der Waals surface area contributed by atoms with Crippen LogP contribution >= 0.6 is 0 Å². The number of ether oxygens (including phenoxy) is 2. The van der Waals surface area contributed by atoms with E-state index < -0.39 is 0 Å². The van der Waals surface area contributed by atoms with Crippen molar-refractivity contribution in [3.8, 4) is 5.75 Å². The molecular weight excluding hydrogens is 312 g/mol. The van der Waals surface area contributed by atoms with Gasteiger partial charge in [0.05, 0.1) is 7.11 Å². The monoisotopic (exact) mass is 342 g/mol. The van der Waals surface area contributed by atoms with E-state index in [1.54, 1.807) is 12.7 Å². The van der Waals surface area contributed by atoms with Gasteiger partial charge in [-0.05, 0) is 79.5 Å². The number of hydrogen-bond acceptors (Lipinski definition) is 3. The molecule has 0 spiro atoms. The molecule has 0 heterocycles. The summed E-state index contributed by atoms with van der Waals surface area (Å²) in [5, 5.41) is 0. The molecule has 0 saturated heterocycles. The number of rotatable bonds is 3. The maximum atomic E-state index is 11.9. The van der Waals surface area contributed by atoms with Gasteiger partial charge in [0, 0.05) is 11.8 Å². The molecular formula is C22H30O3. The van der Waals surface area contributed by atoms with Crippen molar-refractivity contribution < 1.29 is 14.3 Å². The Morgan fingerprint density at radius 1 is 1.24 bits per heavy atom. The molecule has 0 aromatic heterocycles. The van der Waals surface area contributed by atoms with Crippen LogP contribution in [-0.2, 0) is 16.0 Å². The lowest BCUT2D eigenvalue weighted by Gasteiger charge is -2.50. The smallest absolute Gasteiger partial charge is 0.305 e. The highest BCUT2D eigenvalue weighted by atomic mass is 16.5. The SMILES string of the molecule is CCC(=O)OC1CCC2C3CCc4cc(OC)ccc4C3CCC12C. The molecule has 0 bridgehead atoms. The van der Waals surface area contributed by atoms with Gasteiger partial charge in [-0.1, -0.05) is 19.9 Å². The van der Waals surface area contributed by atoms with Crippen molar-refractivity contribution >= 4 is 5.97 Å². The normalized spacial score (nSPS) is 36.1. The Labute approximate surface area is 151 Å². The zero-order valence-corrected chi connectivity index (χ0v) is 15.7. The quantitative estimate of drug-likeness (QED) is 0.735. The number of methoxy groups -OCH3 is 1. The largest absolute Gasteiger partial charge is 0.497 e. The van der Waals surface area contributed by atoms with Crippen LogP contribution in [0.25, 0.3) is 0 Å². The Kier molecular flexibility index (Phi) is 4.29. The summed E-state index contributed by atoms with van der Waals surface area (Å²) >= 11 is 0. The van der Waals surface area contributed by atoms with Gasteiger partial charge in [-0.15, -0.1) is 0 Å². The van der Waals surface area contributed by atoms with Gasteiger partial charge in [0.1, 0.15) is 11.9 Å². The summed E-state index contributed by atoms with van der Waals surface area (Å²) < 4.78 is 11.3. The van der Waals surface area contributed by atoms with Crippen molar-refractivity contribution in [2.24, 2.45) is 17.3 Å². The van der Waals surface area contributed by atoms with Gasteiger partial charge >= 0.3 is 5.97 Å². The molecule has 1 aromatic rings. The fourth-order valence-electron chi connectivity index (χ4n) is 6.07. The highest BCUT2D eigenvalue weighted by molar-refractivity contribution is 5.69. The zero-order valence-electron chi connectivity index (χ0n) is 15.7. The highest BCUT2D eigenvalue weighted by Gasteiger charge is 2.56. The van der Waals surface area contributed by atoms with Crippen LogP contribution in [-0.4, -0.2) is 19.2 Å². The Morgan fingerprint density at radius 2 is 2.08 bits per heavy atom. The van der Waals surface area contributed by atoms with Gasteiger partial charge in [0.15, 0.2) is 0 Å². The van der Waals surface area contributed by atoms with Crippen LogP contribution in [0.4, 0.5) is 0 Å². The standard InChI is InChI=1S/C22H30O3/c1-4-21(23)25-20-10-9-19-18-7-5-14-13-15(24-3)6-8-16(14)17(18)11-12-22(19,20)2/h6,8,13,17-20H,4-5,7,9-12H2,1-3H3. The number of hydrogen-bond donors (Lipinski definition) is 0. The molecule has 2 fully saturated rings. The first-order chi connectivity index (χ1) is 12.1. The molecule has 3 heteroatoms. The van der Waals surface area contributed by atoms with Gasteiger partial charge in [0.25, 0.3) is 0 Å². The predicted octanol–water partition coefficient (Wildman–Crippen LogP) is 4.87. The van der Waals surface area contributed by atoms with Crippen LogP contribution in [0.2, 0.25) is 0 Å². The van der Waals surface area contributed by atoms with Crippen molar-refractivity contribution in [1.82, 2.24) is 0 Å². The van der Waals surface area contributed by atoms with E-state index in [-0.39, 0.29) is 17.5 Å². The third kappa shape index (κ3) is 2.67. The summed E-state index contributed by atoms with van der Waals surface area (Å²) in [5.41, 5.74) is 3.21. The molecule has 0 N–H and O–H groups in total. The van der Waals surface area contributed by atoms with E-state index in [1.165, 1.54) is 31.2 Å². The van der Waals surface area contributed by atoms with Gasteiger partial charge in [-0.3, -0.25) is 4.79 Å². The average Bonchev–Trinajstić information content (AvgIpc) is 2.97. The Morgan fingerprint density at radius 3 is 2.84 bits per heavy atom. The van der Waals surface area contributed by atoms with Crippen LogP contribution in [0, 0.1) is 17.3 Å². The fourth-order valence-corrected chi connectivity index (χ4v) is 6.07. The molecule has 25 heavy (non-hydrogen) atoms. The van der Waals surface area contributed by atoms with E-state index in [9.17, 15) is 4.79 Å². The fraction of sp³-hybridized carbons (Fsp3) is 0.682. The topological polar surface area (TPSA) is 35.5 Å². The molecule has 3 aliphatic carbocycles. The van der Waals surface area contributed by atoms with Crippen LogP contribution in [0.3, 0.4) is 0 Å². The maximum absolute atomic E-state index is 11.9. The third-order valence-electron chi connectivity index (χ3n) is 7.41. The van der Waals surface area contributed by atoms with Crippen molar-refractivity contribution in [2.45, 2.75) is 70.8 Å². The van der Waals surface area contributed by atoms with E-state index in [1.807, 2.05) is 6.92 Å². The maximum Gasteiger partial charge on any atom is 0.305 e. The number of aryl methyl sites for hydroxylation is 1. The molecule has 3 nitrogen and oxygen atoms in total. The molecule has 4 rings (SSSR count). The van der Waals surface area contributed by atoms with Crippen LogP contribution in [0.1, 0.15) is 69.4 Å². The molecule has 5 unspecified atom stereocenters. The molecule has 3 aliphatic rings. The molecule has 1 aromatic carbocycles. The molecule has 5 atom stereocenters. The number of benzene rings is 1.